The Kier molecular flexibility index (Phi) is 6.06. The average molecular weight is 274 g/mol. The summed E-state index contributed by atoms with van der Waals surface area (Å²) in [4.78, 5) is 14.5. The van der Waals surface area contributed by atoms with Gasteiger partial charge in [0.15, 0.2) is 0 Å². The number of nitrogens with zero attached hydrogens (tertiary/aromatic N) is 1. The van der Waals surface area contributed by atoms with Gasteiger partial charge >= 0.3 is 0 Å². The van der Waals surface area contributed by atoms with Crippen LogP contribution in [-0.2, 0) is 11.2 Å². The zero-order valence-corrected chi connectivity index (χ0v) is 12.3. The number of amides is 1. The van der Waals surface area contributed by atoms with E-state index in [1.54, 1.807) is 0 Å². The van der Waals surface area contributed by atoms with E-state index in [0.29, 0.717) is 6.42 Å². The van der Waals surface area contributed by atoms with Crippen LogP contribution in [0.25, 0.3) is 0 Å². The van der Waals surface area contributed by atoms with Crippen LogP contribution >= 0.6 is 0 Å². The lowest BCUT2D eigenvalue weighted by Crippen LogP contribution is -2.31. The lowest BCUT2D eigenvalue weighted by molar-refractivity contribution is -0.118. The molecule has 0 atom stereocenters. The standard InChI is InChI=1S/C17H26N2O/c18-13-7-2-1-3-12-17(20)19-14-8-6-10-15-9-4-5-11-16(15)19/h4-5,9,11H,1-3,6-8,10,12-14,18H2. The van der Waals surface area contributed by atoms with E-state index in [4.69, 9.17) is 5.73 Å². The fourth-order valence-electron chi connectivity index (χ4n) is 2.86. The number of para-hydroxylation sites is 1. The third-order valence-corrected chi connectivity index (χ3v) is 4.01. The van der Waals surface area contributed by atoms with E-state index >= 15 is 0 Å². The van der Waals surface area contributed by atoms with Gasteiger partial charge in [0, 0.05) is 18.7 Å². The van der Waals surface area contributed by atoms with E-state index in [9.17, 15) is 4.79 Å². The lowest BCUT2D eigenvalue weighted by atomic mass is 10.1. The summed E-state index contributed by atoms with van der Waals surface area (Å²) in [5.41, 5.74) is 7.94. The van der Waals surface area contributed by atoms with Gasteiger partial charge in [0.05, 0.1) is 0 Å². The van der Waals surface area contributed by atoms with Crippen molar-refractivity contribution in [1.29, 1.82) is 0 Å². The highest BCUT2D eigenvalue weighted by Gasteiger charge is 2.20. The molecule has 1 aliphatic rings. The molecular formula is C17H26N2O. The third kappa shape index (κ3) is 4.07. The summed E-state index contributed by atoms with van der Waals surface area (Å²) in [6.07, 6.45) is 8.34. The summed E-state index contributed by atoms with van der Waals surface area (Å²) in [5, 5.41) is 0. The summed E-state index contributed by atoms with van der Waals surface area (Å²) < 4.78 is 0. The van der Waals surface area contributed by atoms with Gasteiger partial charge in [-0.3, -0.25) is 4.79 Å². The molecule has 0 fully saturated rings. The first-order valence-corrected chi connectivity index (χ1v) is 7.91. The molecule has 1 aromatic carbocycles. The van der Waals surface area contributed by atoms with Crippen LogP contribution in [0.4, 0.5) is 5.69 Å². The van der Waals surface area contributed by atoms with Crippen LogP contribution in [0.15, 0.2) is 24.3 Å². The number of rotatable bonds is 6. The Morgan fingerprint density at radius 2 is 1.90 bits per heavy atom. The molecule has 110 valence electrons. The van der Waals surface area contributed by atoms with Crippen molar-refractivity contribution in [3.8, 4) is 0 Å². The largest absolute Gasteiger partial charge is 0.330 e. The Labute approximate surface area is 122 Å². The van der Waals surface area contributed by atoms with Crippen LogP contribution in [-0.4, -0.2) is 19.0 Å². The summed E-state index contributed by atoms with van der Waals surface area (Å²) >= 11 is 0. The minimum atomic E-state index is 0.284. The van der Waals surface area contributed by atoms with Crippen molar-refractivity contribution in [3.63, 3.8) is 0 Å². The highest BCUT2D eigenvalue weighted by atomic mass is 16.2. The second-order valence-electron chi connectivity index (χ2n) is 5.58. The number of unbranched alkanes of at least 4 members (excludes halogenated alkanes) is 3. The van der Waals surface area contributed by atoms with Crippen LogP contribution in [0.2, 0.25) is 0 Å². The molecule has 0 aromatic heterocycles. The van der Waals surface area contributed by atoms with Crippen molar-refractivity contribution in [2.24, 2.45) is 5.73 Å². The first-order chi connectivity index (χ1) is 9.83. The number of hydrogen-bond acceptors (Lipinski definition) is 2. The molecule has 1 amide bonds. The van der Waals surface area contributed by atoms with Crippen molar-refractivity contribution >= 4 is 11.6 Å². The zero-order chi connectivity index (χ0) is 14.2. The highest BCUT2D eigenvalue weighted by molar-refractivity contribution is 5.94. The van der Waals surface area contributed by atoms with Crippen molar-refractivity contribution in [2.75, 3.05) is 18.0 Å². The van der Waals surface area contributed by atoms with Gasteiger partial charge in [-0.2, -0.15) is 0 Å². The zero-order valence-electron chi connectivity index (χ0n) is 12.3. The Morgan fingerprint density at radius 3 is 2.75 bits per heavy atom. The Balaban J connectivity index is 1.92. The van der Waals surface area contributed by atoms with Gasteiger partial charge in [0.2, 0.25) is 5.91 Å². The van der Waals surface area contributed by atoms with Crippen LogP contribution in [0.1, 0.15) is 50.5 Å². The van der Waals surface area contributed by atoms with E-state index < -0.39 is 0 Å². The van der Waals surface area contributed by atoms with Crippen LogP contribution in [0.5, 0.6) is 0 Å². The number of carbonyl (C=O) groups is 1. The predicted molar refractivity (Wildman–Crippen MR) is 83.9 cm³/mol. The Bertz CT molecular complexity index is 431. The third-order valence-electron chi connectivity index (χ3n) is 4.01. The highest BCUT2D eigenvalue weighted by Crippen LogP contribution is 2.26. The van der Waals surface area contributed by atoms with E-state index in [0.717, 1.165) is 57.3 Å². The molecule has 0 unspecified atom stereocenters. The average Bonchev–Trinajstić information content (AvgIpc) is 2.69. The minimum Gasteiger partial charge on any atom is -0.330 e. The van der Waals surface area contributed by atoms with Crippen LogP contribution in [0.3, 0.4) is 0 Å². The molecule has 1 heterocycles. The van der Waals surface area contributed by atoms with E-state index in [2.05, 4.69) is 18.2 Å². The smallest absolute Gasteiger partial charge is 0.226 e. The van der Waals surface area contributed by atoms with Gasteiger partial charge in [-0.25, -0.2) is 0 Å². The topological polar surface area (TPSA) is 46.3 Å². The number of aryl methyl sites for hydroxylation is 1. The summed E-state index contributed by atoms with van der Waals surface area (Å²) in [5.74, 6) is 0.284. The number of nitrogens with two attached hydrogens (primary N) is 1. The first-order valence-electron chi connectivity index (χ1n) is 7.91. The second-order valence-corrected chi connectivity index (χ2v) is 5.58. The quantitative estimate of drug-likeness (QED) is 0.809. The molecule has 3 nitrogen and oxygen atoms in total. The molecule has 2 rings (SSSR count). The maximum absolute atomic E-state index is 12.4. The number of hydrogen-bond donors (Lipinski definition) is 1. The minimum absolute atomic E-state index is 0.284. The molecule has 0 spiro atoms. The summed E-state index contributed by atoms with van der Waals surface area (Å²) in [6, 6.07) is 8.35. The Morgan fingerprint density at radius 1 is 1.10 bits per heavy atom. The SMILES string of the molecule is NCCCCCCC(=O)N1CCCCc2ccccc21. The fraction of sp³-hybridized carbons (Fsp3) is 0.588. The van der Waals surface area contributed by atoms with Gasteiger partial charge in [-0.1, -0.05) is 31.0 Å². The van der Waals surface area contributed by atoms with Crippen molar-refractivity contribution in [1.82, 2.24) is 0 Å². The number of carbonyl (C=O) groups excluding carboxylic acids is 1. The molecule has 0 radical (unpaired) electrons. The molecule has 0 saturated carbocycles. The number of fused-ring (bicyclic) bond motifs is 1. The monoisotopic (exact) mass is 274 g/mol. The maximum atomic E-state index is 12.4. The molecule has 3 heteroatoms. The summed E-state index contributed by atoms with van der Waals surface area (Å²) in [6.45, 7) is 1.63. The molecule has 1 aliphatic heterocycles. The van der Waals surface area contributed by atoms with Crippen molar-refractivity contribution in [3.05, 3.63) is 29.8 Å². The van der Waals surface area contributed by atoms with E-state index in [1.165, 1.54) is 12.0 Å². The molecule has 0 bridgehead atoms. The van der Waals surface area contributed by atoms with Gasteiger partial charge in [-0.15, -0.1) is 0 Å². The fourth-order valence-corrected chi connectivity index (χ4v) is 2.86. The molecule has 20 heavy (non-hydrogen) atoms. The van der Waals surface area contributed by atoms with Crippen molar-refractivity contribution in [2.45, 2.75) is 51.4 Å². The van der Waals surface area contributed by atoms with Gasteiger partial charge in [0.25, 0.3) is 0 Å². The molecular weight excluding hydrogens is 248 g/mol. The van der Waals surface area contributed by atoms with Crippen LogP contribution < -0.4 is 10.6 Å². The molecule has 0 saturated heterocycles. The van der Waals surface area contributed by atoms with Gasteiger partial charge in [-0.05, 0) is 50.3 Å². The van der Waals surface area contributed by atoms with Crippen molar-refractivity contribution < 1.29 is 4.79 Å². The number of benzene rings is 1. The van der Waals surface area contributed by atoms with Gasteiger partial charge < -0.3 is 10.6 Å². The second kappa shape index (κ2) is 8.05. The Hall–Kier alpha value is -1.35. The molecule has 2 N–H and O–H groups in total. The normalized spacial score (nSPS) is 14.8. The summed E-state index contributed by atoms with van der Waals surface area (Å²) in [7, 11) is 0. The van der Waals surface area contributed by atoms with Gasteiger partial charge in [0.1, 0.15) is 0 Å². The van der Waals surface area contributed by atoms with E-state index in [-0.39, 0.29) is 5.91 Å². The maximum Gasteiger partial charge on any atom is 0.226 e. The van der Waals surface area contributed by atoms with E-state index in [1.807, 2.05) is 11.0 Å². The lowest BCUT2D eigenvalue weighted by Gasteiger charge is -2.23. The first kappa shape index (κ1) is 15.0. The molecule has 1 aromatic rings. The number of anilines is 1. The van der Waals surface area contributed by atoms with Crippen LogP contribution in [0, 0.1) is 0 Å². The predicted octanol–water partition coefficient (Wildman–Crippen LogP) is 3.27. The molecule has 0 aliphatic carbocycles.